The van der Waals surface area contributed by atoms with Crippen molar-refractivity contribution < 1.29 is 71.7 Å². The summed E-state index contributed by atoms with van der Waals surface area (Å²) >= 11 is 0. The summed E-state index contributed by atoms with van der Waals surface area (Å²) in [5.41, 5.74) is -11.1. The van der Waals surface area contributed by atoms with E-state index in [0.29, 0.717) is 0 Å². The summed E-state index contributed by atoms with van der Waals surface area (Å²) in [6.07, 6.45) is -25.4. The van der Waals surface area contributed by atoms with Crippen molar-refractivity contribution in [1.29, 1.82) is 0 Å². The van der Waals surface area contributed by atoms with Gasteiger partial charge >= 0.3 is 35.9 Å². The van der Waals surface area contributed by atoms with Gasteiger partial charge in [-0.25, -0.2) is 0 Å². The van der Waals surface area contributed by atoms with Crippen LogP contribution >= 0.6 is 0 Å². The van der Waals surface area contributed by atoms with Crippen molar-refractivity contribution in [3.63, 3.8) is 0 Å². The van der Waals surface area contributed by atoms with Gasteiger partial charge in [0.1, 0.15) is 0 Å². The number of halogens is 12. The average molecular weight is 466 g/mol. The summed E-state index contributed by atoms with van der Waals surface area (Å²) in [7, 11) is 0. The zero-order valence-corrected chi connectivity index (χ0v) is 13.6. The predicted molar refractivity (Wildman–Crippen MR) is 68.4 cm³/mol. The summed E-state index contributed by atoms with van der Waals surface area (Å²) in [5.74, 6) is -6.76. The molecule has 0 aliphatic rings. The van der Waals surface area contributed by atoms with Gasteiger partial charge in [0, 0.05) is 0 Å². The standard InChI is InChI=1S/C14H6F12O4/c15-11(16,17)9(27,12(18,19)20)7-3-1-5(29-7)6-2-4-8(30-6)10(28,13(21,22)23)14(24,25)26/h1-4,27-28H. The first-order valence-corrected chi connectivity index (χ1v) is 7.10. The van der Waals surface area contributed by atoms with Crippen molar-refractivity contribution >= 4 is 0 Å². The van der Waals surface area contributed by atoms with E-state index in [-0.39, 0.29) is 24.3 Å². The predicted octanol–water partition coefficient (Wildman–Crippen LogP) is 5.16. The van der Waals surface area contributed by atoms with Crippen molar-refractivity contribution in [2.75, 3.05) is 0 Å². The second-order valence-corrected chi connectivity index (χ2v) is 5.74. The zero-order valence-electron chi connectivity index (χ0n) is 13.6. The molecule has 0 bridgehead atoms. The Balaban J connectivity index is 2.57. The van der Waals surface area contributed by atoms with E-state index in [2.05, 4.69) is 8.83 Å². The van der Waals surface area contributed by atoms with Gasteiger partial charge in [-0.1, -0.05) is 0 Å². The number of hydrogen-bond acceptors (Lipinski definition) is 4. The van der Waals surface area contributed by atoms with Crippen LogP contribution in [0, 0.1) is 0 Å². The van der Waals surface area contributed by atoms with Crippen LogP contribution in [0.5, 0.6) is 0 Å². The normalized spacial score (nSPS) is 15.0. The molecule has 0 amide bonds. The Bertz CT molecular complexity index is 793. The molecule has 0 aliphatic carbocycles. The lowest BCUT2D eigenvalue weighted by molar-refractivity contribution is -0.382. The highest BCUT2D eigenvalue weighted by atomic mass is 19.4. The first kappa shape index (κ1) is 23.9. The summed E-state index contributed by atoms with van der Waals surface area (Å²) in [4.78, 5) is 0. The Morgan fingerprint density at radius 3 is 0.900 bits per heavy atom. The monoisotopic (exact) mass is 466 g/mol. The number of hydrogen-bond donors (Lipinski definition) is 2. The van der Waals surface area contributed by atoms with Crippen LogP contribution in [0.25, 0.3) is 11.5 Å². The third kappa shape index (κ3) is 3.40. The average Bonchev–Trinajstić information content (AvgIpc) is 3.18. The molecule has 0 aliphatic heterocycles. The maximum Gasteiger partial charge on any atom is 0.433 e. The molecule has 2 rings (SSSR count). The van der Waals surface area contributed by atoms with Gasteiger partial charge in [0.15, 0.2) is 23.0 Å². The fourth-order valence-corrected chi connectivity index (χ4v) is 2.21. The van der Waals surface area contributed by atoms with Crippen molar-refractivity contribution in [2.45, 2.75) is 35.9 Å². The second-order valence-electron chi connectivity index (χ2n) is 5.74. The molecule has 2 aromatic rings. The molecule has 0 spiro atoms. The molecule has 2 aromatic heterocycles. The maximum atomic E-state index is 12.8. The Morgan fingerprint density at radius 2 is 0.700 bits per heavy atom. The fourth-order valence-electron chi connectivity index (χ4n) is 2.21. The van der Waals surface area contributed by atoms with Crippen LogP contribution in [0.4, 0.5) is 52.7 Å². The molecule has 0 saturated carbocycles. The van der Waals surface area contributed by atoms with E-state index in [1.165, 1.54) is 0 Å². The lowest BCUT2D eigenvalue weighted by atomic mass is 9.99. The molecular weight excluding hydrogens is 460 g/mol. The smallest absolute Gasteiger partial charge is 0.433 e. The second kappa shape index (κ2) is 6.57. The Kier molecular flexibility index (Phi) is 5.24. The minimum absolute atomic E-state index is 0.0573. The third-order valence-corrected chi connectivity index (χ3v) is 3.81. The molecule has 0 saturated heterocycles. The number of furan rings is 2. The molecule has 0 fully saturated rings. The van der Waals surface area contributed by atoms with E-state index >= 15 is 0 Å². The number of aliphatic hydroxyl groups is 2. The van der Waals surface area contributed by atoms with E-state index < -0.39 is 58.9 Å². The largest absolute Gasteiger partial charge is 0.454 e. The van der Waals surface area contributed by atoms with Crippen LogP contribution in [0.3, 0.4) is 0 Å². The first-order chi connectivity index (χ1) is 13.2. The first-order valence-electron chi connectivity index (χ1n) is 7.10. The highest BCUT2D eigenvalue weighted by Gasteiger charge is 2.74. The molecule has 170 valence electrons. The molecule has 30 heavy (non-hydrogen) atoms. The molecule has 0 radical (unpaired) electrons. The Labute approximate surface area is 156 Å². The molecular formula is C14H6F12O4. The highest BCUT2D eigenvalue weighted by molar-refractivity contribution is 5.51. The van der Waals surface area contributed by atoms with Gasteiger partial charge in [0.25, 0.3) is 0 Å². The minimum atomic E-state index is -6.36. The maximum absolute atomic E-state index is 12.8. The van der Waals surface area contributed by atoms with Gasteiger partial charge in [-0.15, -0.1) is 0 Å². The van der Waals surface area contributed by atoms with Gasteiger partial charge in [-0.2, -0.15) is 52.7 Å². The van der Waals surface area contributed by atoms with Crippen LogP contribution in [-0.2, 0) is 11.2 Å². The van der Waals surface area contributed by atoms with Gasteiger partial charge in [0.05, 0.1) is 0 Å². The van der Waals surface area contributed by atoms with E-state index in [1.54, 1.807) is 0 Å². The van der Waals surface area contributed by atoms with Crippen LogP contribution in [0.1, 0.15) is 11.5 Å². The SMILES string of the molecule is OC(c1ccc(-c2ccc(C(O)(C(F)(F)F)C(F)(F)F)o2)o1)(C(F)(F)F)C(F)(F)F. The third-order valence-electron chi connectivity index (χ3n) is 3.81. The Hall–Kier alpha value is -2.36. The van der Waals surface area contributed by atoms with Crippen molar-refractivity contribution in [3.8, 4) is 11.5 Å². The van der Waals surface area contributed by atoms with Crippen molar-refractivity contribution in [3.05, 3.63) is 35.8 Å². The van der Waals surface area contributed by atoms with Gasteiger partial charge in [-0.05, 0) is 24.3 Å². The summed E-state index contributed by atoms with van der Waals surface area (Å²) in [6.45, 7) is 0. The molecule has 2 N–H and O–H groups in total. The van der Waals surface area contributed by atoms with Crippen LogP contribution in [-0.4, -0.2) is 34.9 Å². The topological polar surface area (TPSA) is 66.7 Å². The highest BCUT2D eigenvalue weighted by Crippen LogP contribution is 2.52. The van der Waals surface area contributed by atoms with Gasteiger partial charge in [0.2, 0.25) is 0 Å². The van der Waals surface area contributed by atoms with Crippen LogP contribution in [0.2, 0.25) is 0 Å². The summed E-state index contributed by atoms with van der Waals surface area (Å²) < 4.78 is 162. The van der Waals surface area contributed by atoms with Crippen LogP contribution in [0.15, 0.2) is 33.1 Å². The Morgan fingerprint density at radius 1 is 0.467 bits per heavy atom. The number of rotatable bonds is 3. The molecule has 16 heteroatoms. The number of alkyl halides is 12. The molecule has 0 unspecified atom stereocenters. The van der Waals surface area contributed by atoms with Gasteiger partial charge in [-0.3, -0.25) is 0 Å². The lowest BCUT2D eigenvalue weighted by Gasteiger charge is -2.30. The molecule has 0 aromatic carbocycles. The summed E-state index contributed by atoms with van der Waals surface area (Å²) in [6, 6.07) is 0.414. The zero-order chi connectivity index (χ0) is 23.6. The van der Waals surface area contributed by atoms with Crippen LogP contribution < -0.4 is 0 Å². The summed E-state index contributed by atoms with van der Waals surface area (Å²) in [5, 5.41) is 18.3. The van der Waals surface area contributed by atoms with Gasteiger partial charge < -0.3 is 19.0 Å². The van der Waals surface area contributed by atoms with E-state index in [9.17, 15) is 52.7 Å². The fraction of sp³-hybridized carbons (Fsp3) is 0.429. The van der Waals surface area contributed by atoms with E-state index in [0.717, 1.165) is 0 Å². The quantitative estimate of drug-likeness (QED) is 0.614. The van der Waals surface area contributed by atoms with Crippen molar-refractivity contribution in [1.82, 2.24) is 0 Å². The van der Waals surface area contributed by atoms with E-state index in [1.807, 2.05) is 0 Å². The molecule has 2 heterocycles. The van der Waals surface area contributed by atoms with E-state index in [4.69, 9.17) is 10.2 Å². The molecule has 0 atom stereocenters. The lowest BCUT2D eigenvalue weighted by Crippen LogP contribution is -2.53. The van der Waals surface area contributed by atoms with Crippen molar-refractivity contribution in [2.24, 2.45) is 0 Å². The minimum Gasteiger partial charge on any atom is -0.454 e. The molecule has 4 nitrogen and oxygen atoms in total.